The Hall–Kier alpha value is -1.11. The number of nitrogens with zero attached hydrogens (tertiary/aromatic N) is 2. The molecule has 0 aromatic carbocycles. The van der Waals surface area contributed by atoms with E-state index in [-0.39, 0.29) is 11.7 Å². The summed E-state index contributed by atoms with van der Waals surface area (Å²) in [5, 5.41) is 3.32. The van der Waals surface area contributed by atoms with Gasteiger partial charge in [0, 0.05) is 5.54 Å². The predicted octanol–water partition coefficient (Wildman–Crippen LogP) is 2.19. The molecule has 0 fully saturated rings. The Balaban J connectivity index is 2.96. The first-order valence-electron chi connectivity index (χ1n) is 5.12. The largest absolute Gasteiger partial charge is 0.396 e. The lowest BCUT2D eigenvalue weighted by Crippen LogP contribution is -2.50. The van der Waals surface area contributed by atoms with Gasteiger partial charge in [0.1, 0.15) is 6.42 Å². The maximum Gasteiger partial charge on any atom is 0.396 e. The molecule has 0 radical (unpaired) electrons. The van der Waals surface area contributed by atoms with Crippen LogP contribution in [0.4, 0.5) is 13.2 Å². The number of nitrogens with two attached hydrogens (primary N) is 1. The van der Waals surface area contributed by atoms with Crippen molar-refractivity contribution in [2.45, 2.75) is 51.2 Å². The number of alkyl halides is 3. The van der Waals surface area contributed by atoms with E-state index < -0.39 is 23.6 Å². The van der Waals surface area contributed by atoms with E-state index in [0.717, 1.165) is 0 Å². The van der Waals surface area contributed by atoms with Crippen molar-refractivity contribution in [3.63, 3.8) is 0 Å². The van der Waals surface area contributed by atoms with Crippen LogP contribution in [0.5, 0.6) is 0 Å². The molecular weight excluding hydrogens is 235 g/mol. The molecule has 0 saturated carbocycles. The van der Waals surface area contributed by atoms with Crippen LogP contribution in [0.2, 0.25) is 0 Å². The molecule has 17 heavy (non-hydrogen) atoms. The molecule has 1 aromatic rings. The SMILES string of the molecule is CC(C)(N)C(C)(C)c1nc(CC(F)(F)F)no1. The van der Waals surface area contributed by atoms with E-state index in [0.29, 0.717) is 0 Å². The molecule has 0 spiro atoms. The van der Waals surface area contributed by atoms with Crippen LogP contribution in [0.3, 0.4) is 0 Å². The van der Waals surface area contributed by atoms with Crippen molar-refractivity contribution < 1.29 is 17.7 Å². The zero-order valence-corrected chi connectivity index (χ0v) is 10.2. The molecule has 7 heteroatoms. The van der Waals surface area contributed by atoms with Crippen LogP contribution in [0.25, 0.3) is 0 Å². The summed E-state index contributed by atoms with van der Waals surface area (Å²) in [6, 6.07) is 0. The van der Waals surface area contributed by atoms with Crippen LogP contribution in [0.1, 0.15) is 39.4 Å². The van der Waals surface area contributed by atoms with Gasteiger partial charge >= 0.3 is 6.18 Å². The summed E-state index contributed by atoms with van der Waals surface area (Å²) in [6.45, 7) is 7.00. The molecule has 1 heterocycles. The molecule has 0 saturated heterocycles. The minimum Gasteiger partial charge on any atom is -0.339 e. The molecule has 98 valence electrons. The summed E-state index contributed by atoms with van der Waals surface area (Å²) < 4.78 is 41.3. The normalized spacial score (nSPS) is 14.1. The molecule has 4 nitrogen and oxygen atoms in total. The Labute approximate surface area is 97.4 Å². The predicted molar refractivity (Wildman–Crippen MR) is 55.3 cm³/mol. The van der Waals surface area contributed by atoms with Crippen LogP contribution in [-0.4, -0.2) is 21.9 Å². The third-order valence-electron chi connectivity index (χ3n) is 2.97. The highest BCUT2D eigenvalue weighted by atomic mass is 19.4. The van der Waals surface area contributed by atoms with Crippen molar-refractivity contribution in [3.8, 4) is 0 Å². The lowest BCUT2D eigenvalue weighted by molar-refractivity contribution is -0.128. The maximum absolute atomic E-state index is 12.1. The Morgan fingerprint density at radius 2 is 1.71 bits per heavy atom. The van der Waals surface area contributed by atoms with Gasteiger partial charge in [-0.3, -0.25) is 0 Å². The summed E-state index contributed by atoms with van der Waals surface area (Å²) in [5.74, 6) is -0.255. The fourth-order valence-corrected chi connectivity index (χ4v) is 1.03. The molecule has 0 aliphatic heterocycles. The van der Waals surface area contributed by atoms with Crippen molar-refractivity contribution >= 4 is 0 Å². The van der Waals surface area contributed by atoms with Crippen LogP contribution in [-0.2, 0) is 11.8 Å². The monoisotopic (exact) mass is 251 g/mol. The van der Waals surface area contributed by atoms with Gasteiger partial charge in [-0.2, -0.15) is 18.2 Å². The van der Waals surface area contributed by atoms with Gasteiger partial charge in [-0.1, -0.05) is 5.16 Å². The zero-order valence-electron chi connectivity index (χ0n) is 10.2. The lowest BCUT2D eigenvalue weighted by Gasteiger charge is -2.34. The molecule has 0 aliphatic carbocycles. The quantitative estimate of drug-likeness (QED) is 0.894. The fourth-order valence-electron chi connectivity index (χ4n) is 1.03. The summed E-state index contributed by atoms with van der Waals surface area (Å²) in [5.41, 5.74) is 4.54. The first kappa shape index (κ1) is 14.0. The summed E-state index contributed by atoms with van der Waals surface area (Å²) in [6.07, 6.45) is -5.54. The third-order valence-corrected chi connectivity index (χ3v) is 2.97. The van der Waals surface area contributed by atoms with Crippen LogP contribution < -0.4 is 5.73 Å². The molecule has 0 bridgehead atoms. The highest BCUT2D eigenvalue weighted by Gasteiger charge is 2.41. The summed E-state index contributed by atoms with van der Waals surface area (Å²) in [4.78, 5) is 3.76. The smallest absolute Gasteiger partial charge is 0.339 e. The Kier molecular flexibility index (Phi) is 3.26. The van der Waals surface area contributed by atoms with E-state index in [4.69, 9.17) is 10.3 Å². The average Bonchev–Trinajstić information content (AvgIpc) is 2.47. The van der Waals surface area contributed by atoms with E-state index in [2.05, 4.69) is 10.1 Å². The van der Waals surface area contributed by atoms with E-state index in [9.17, 15) is 13.2 Å². The van der Waals surface area contributed by atoms with Gasteiger partial charge in [-0.15, -0.1) is 0 Å². The molecule has 1 rings (SSSR count). The average molecular weight is 251 g/mol. The van der Waals surface area contributed by atoms with Crippen molar-refractivity contribution in [1.82, 2.24) is 10.1 Å². The number of aromatic nitrogens is 2. The molecule has 0 atom stereocenters. The molecule has 0 amide bonds. The van der Waals surface area contributed by atoms with Crippen molar-refractivity contribution in [3.05, 3.63) is 11.7 Å². The van der Waals surface area contributed by atoms with Gasteiger partial charge in [-0.25, -0.2) is 0 Å². The first-order chi connectivity index (χ1) is 7.43. The number of hydrogen-bond donors (Lipinski definition) is 1. The second-order valence-electron chi connectivity index (χ2n) is 5.15. The van der Waals surface area contributed by atoms with E-state index in [1.54, 1.807) is 27.7 Å². The fraction of sp³-hybridized carbons (Fsp3) is 0.800. The lowest BCUT2D eigenvalue weighted by atomic mass is 9.75. The summed E-state index contributed by atoms with van der Waals surface area (Å²) in [7, 11) is 0. The number of halogens is 3. The molecule has 1 aromatic heterocycles. The topological polar surface area (TPSA) is 64.9 Å². The van der Waals surface area contributed by atoms with E-state index in [1.807, 2.05) is 0 Å². The third kappa shape index (κ3) is 3.18. The minimum atomic E-state index is -4.34. The molecule has 2 N–H and O–H groups in total. The zero-order chi connectivity index (χ0) is 13.5. The van der Waals surface area contributed by atoms with E-state index >= 15 is 0 Å². The summed E-state index contributed by atoms with van der Waals surface area (Å²) >= 11 is 0. The number of hydrogen-bond acceptors (Lipinski definition) is 4. The van der Waals surface area contributed by atoms with Gasteiger partial charge in [0.2, 0.25) is 5.89 Å². The van der Waals surface area contributed by atoms with Gasteiger partial charge < -0.3 is 10.3 Å². The molecular formula is C10H16F3N3O. The Bertz CT molecular complexity index is 390. The first-order valence-corrected chi connectivity index (χ1v) is 5.12. The molecule has 0 unspecified atom stereocenters. The maximum atomic E-state index is 12.1. The van der Waals surface area contributed by atoms with Gasteiger partial charge in [-0.05, 0) is 27.7 Å². The highest BCUT2D eigenvalue weighted by Crippen LogP contribution is 2.32. The van der Waals surface area contributed by atoms with Crippen molar-refractivity contribution in [2.75, 3.05) is 0 Å². The van der Waals surface area contributed by atoms with Crippen molar-refractivity contribution in [2.24, 2.45) is 5.73 Å². The van der Waals surface area contributed by atoms with Crippen LogP contribution >= 0.6 is 0 Å². The van der Waals surface area contributed by atoms with Crippen molar-refractivity contribution in [1.29, 1.82) is 0 Å². The van der Waals surface area contributed by atoms with Crippen LogP contribution in [0.15, 0.2) is 4.52 Å². The Morgan fingerprint density at radius 1 is 1.18 bits per heavy atom. The molecule has 0 aliphatic rings. The van der Waals surface area contributed by atoms with E-state index in [1.165, 1.54) is 0 Å². The second-order valence-corrected chi connectivity index (χ2v) is 5.15. The van der Waals surface area contributed by atoms with Gasteiger partial charge in [0.15, 0.2) is 5.82 Å². The minimum absolute atomic E-state index is 0.115. The Morgan fingerprint density at radius 3 is 2.12 bits per heavy atom. The second kappa shape index (κ2) is 3.97. The standard InChI is InChI=1S/C10H16F3N3O/c1-8(2,9(3,4)14)7-15-6(16-17-7)5-10(11,12)13/h5,14H2,1-4H3. The van der Waals surface area contributed by atoms with Gasteiger partial charge in [0.25, 0.3) is 0 Å². The number of rotatable bonds is 3. The van der Waals surface area contributed by atoms with Crippen LogP contribution in [0, 0.1) is 0 Å². The highest BCUT2D eigenvalue weighted by molar-refractivity contribution is 5.11. The van der Waals surface area contributed by atoms with Gasteiger partial charge in [0.05, 0.1) is 5.41 Å².